The van der Waals surface area contributed by atoms with E-state index in [2.05, 4.69) is 4.99 Å². The van der Waals surface area contributed by atoms with Gasteiger partial charge in [-0.05, 0) is 30.3 Å². The molecule has 0 N–H and O–H groups in total. The first-order chi connectivity index (χ1) is 10.9. The number of fused-ring (bicyclic) bond motifs is 2. The standard InChI is InChI=1S/C16H6F3N3S/c17-16(18,19)11-2-4-13-15(6-11)23-14-5-9(10(7-20)8-21)1-3-12(14)22-13/h1-6H. The van der Waals surface area contributed by atoms with Crippen LogP contribution in [0.3, 0.4) is 0 Å². The first kappa shape index (κ1) is 15.1. The highest BCUT2D eigenvalue weighted by atomic mass is 32.2. The Morgan fingerprint density at radius 1 is 1.00 bits per heavy atom. The smallest absolute Gasteiger partial charge is 0.247 e. The largest absolute Gasteiger partial charge is 0.416 e. The van der Waals surface area contributed by atoms with Gasteiger partial charge in [0, 0.05) is 15.0 Å². The molecule has 0 saturated carbocycles. The quantitative estimate of drug-likeness (QED) is 0.636. The third-order valence-corrected chi connectivity index (χ3v) is 4.31. The topological polar surface area (TPSA) is 59.9 Å². The van der Waals surface area contributed by atoms with Crippen LogP contribution in [0.4, 0.5) is 18.9 Å². The van der Waals surface area contributed by atoms with Gasteiger partial charge in [0.15, 0.2) is 0 Å². The summed E-state index contributed by atoms with van der Waals surface area (Å²) < 4.78 is 38.4. The van der Waals surface area contributed by atoms with Crippen LogP contribution in [0.1, 0.15) is 5.56 Å². The van der Waals surface area contributed by atoms with Gasteiger partial charge in [0.25, 0.3) is 0 Å². The third kappa shape index (κ3) is 2.79. The van der Waals surface area contributed by atoms with Gasteiger partial charge in [-0.1, -0.05) is 17.8 Å². The summed E-state index contributed by atoms with van der Waals surface area (Å²) in [4.78, 5) is 5.32. The van der Waals surface area contributed by atoms with Crippen LogP contribution in [-0.4, -0.2) is 0 Å². The zero-order chi connectivity index (χ0) is 16.6. The van der Waals surface area contributed by atoms with E-state index < -0.39 is 11.7 Å². The molecule has 2 aromatic rings. The first-order valence-corrected chi connectivity index (χ1v) is 7.16. The Bertz CT molecular complexity index is 995. The minimum atomic E-state index is -4.42. The molecular weight excluding hydrogens is 323 g/mol. The second-order valence-electron chi connectivity index (χ2n) is 4.68. The van der Waals surface area contributed by atoms with Crippen molar-refractivity contribution < 1.29 is 13.2 Å². The summed E-state index contributed by atoms with van der Waals surface area (Å²) in [7, 11) is 0. The summed E-state index contributed by atoms with van der Waals surface area (Å²) in [5.41, 5.74) is -0.323. The second kappa shape index (κ2) is 5.45. The van der Waals surface area contributed by atoms with Crippen molar-refractivity contribution in [3.63, 3.8) is 0 Å². The van der Waals surface area contributed by atoms with Crippen LogP contribution in [-0.2, 0) is 6.18 Å². The number of rotatable bonds is 0. The van der Waals surface area contributed by atoms with Gasteiger partial charge in [0.2, 0.25) is 0 Å². The minimum Gasteiger partial charge on any atom is -0.247 e. The molecule has 0 radical (unpaired) electrons. The van der Waals surface area contributed by atoms with E-state index in [-0.39, 0.29) is 5.57 Å². The van der Waals surface area contributed by atoms with E-state index in [1.54, 1.807) is 30.3 Å². The van der Waals surface area contributed by atoms with Crippen molar-refractivity contribution in [3.8, 4) is 12.1 Å². The minimum absolute atomic E-state index is 0.0526. The number of benzene rings is 2. The third-order valence-electron chi connectivity index (χ3n) is 3.22. The number of nitriles is 2. The Morgan fingerprint density at radius 3 is 2.39 bits per heavy atom. The first-order valence-electron chi connectivity index (χ1n) is 6.35. The molecule has 1 aliphatic heterocycles. The van der Waals surface area contributed by atoms with E-state index in [1.807, 2.05) is 0 Å². The van der Waals surface area contributed by atoms with Gasteiger partial charge in [-0.25, -0.2) is 4.99 Å². The summed E-state index contributed by atoms with van der Waals surface area (Å²) in [5, 5.41) is 18.8. The number of nitrogens with zero attached hydrogens (tertiary/aromatic N) is 3. The molecule has 0 aliphatic carbocycles. The number of alkyl halides is 3. The maximum atomic E-state index is 12.8. The van der Waals surface area contributed by atoms with Crippen molar-refractivity contribution in [2.24, 2.45) is 4.99 Å². The molecule has 0 atom stereocenters. The fraction of sp³-hybridized carbons (Fsp3) is 0.0625. The molecule has 0 saturated heterocycles. The lowest BCUT2D eigenvalue weighted by molar-refractivity contribution is -0.137. The van der Waals surface area contributed by atoms with Gasteiger partial charge in [-0.3, -0.25) is 0 Å². The van der Waals surface area contributed by atoms with E-state index in [0.29, 0.717) is 26.1 Å². The average molecular weight is 329 g/mol. The summed E-state index contributed by atoms with van der Waals surface area (Å²) >= 11 is 1.14. The number of halogens is 3. The lowest BCUT2D eigenvalue weighted by atomic mass is 10.2. The molecule has 0 bridgehead atoms. The van der Waals surface area contributed by atoms with Crippen molar-refractivity contribution >= 4 is 23.0 Å². The summed E-state index contributed by atoms with van der Waals surface area (Å²) in [6, 6.07) is 11.8. The number of hydrogen-bond acceptors (Lipinski definition) is 4. The van der Waals surface area contributed by atoms with Gasteiger partial charge in [0.1, 0.15) is 17.7 Å². The van der Waals surface area contributed by atoms with Crippen LogP contribution in [0.5, 0.6) is 0 Å². The van der Waals surface area contributed by atoms with Crippen molar-refractivity contribution in [2.75, 3.05) is 0 Å². The molecule has 0 fully saturated rings. The second-order valence-corrected chi connectivity index (χ2v) is 5.76. The van der Waals surface area contributed by atoms with Gasteiger partial charge in [-0.15, -0.1) is 0 Å². The molecule has 3 nitrogen and oxygen atoms in total. The molecule has 1 heterocycles. The van der Waals surface area contributed by atoms with Crippen molar-refractivity contribution in [1.29, 1.82) is 10.5 Å². The molecule has 0 aromatic heterocycles. The zero-order valence-electron chi connectivity index (χ0n) is 11.3. The highest BCUT2D eigenvalue weighted by Crippen LogP contribution is 2.40. The lowest BCUT2D eigenvalue weighted by Gasteiger charge is -2.14. The van der Waals surface area contributed by atoms with E-state index in [0.717, 1.165) is 23.9 Å². The fourth-order valence-corrected chi connectivity index (χ4v) is 3.16. The Morgan fingerprint density at radius 2 is 1.74 bits per heavy atom. The lowest BCUT2D eigenvalue weighted by Crippen LogP contribution is -2.15. The Hall–Kier alpha value is -2.77. The van der Waals surface area contributed by atoms with Crippen LogP contribution < -0.4 is 10.6 Å². The Balaban J connectivity index is 2.17. The normalized spacial score (nSPS) is 12.2. The molecule has 2 aromatic carbocycles. The van der Waals surface area contributed by atoms with E-state index >= 15 is 0 Å². The Labute approximate surface area is 133 Å². The van der Waals surface area contributed by atoms with E-state index in [4.69, 9.17) is 10.5 Å². The molecule has 3 rings (SSSR count). The molecule has 0 amide bonds. The van der Waals surface area contributed by atoms with Crippen molar-refractivity contribution in [1.82, 2.24) is 0 Å². The van der Waals surface area contributed by atoms with Crippen LogP contribution in [0, 0.1) is 22.7 Å². The zero-order valence-corrected chi connectivity index (χ0v) is 12.2. The van der Waals surface area contributed by atoms with Crippen LogP contribution >= 0.6 is 11.8 Å². The fourth-order valence-electron chi connectivity index (χ4n) is 2.11. The molecule has 112 valence electrons. The van der Waals surface area contributed by atoms with Gasteiger partial charge in [0.05, 0.1) is 16.6 Å². The molecule has 1 aliphatic rings. The van der Waals surface area contributed by atoms with Gasteiger partial charge >= 0.3 is 6.18 Å². The maximum Gasteiger partial charge on any atom is 0.416 e. The highest BCUT2D eigenvalue weighted by Gasteiger charge is 2.31. The molecule has 23 heavy (non-hydrogen) atoms. The monoisotopic (exact) mass is 329 g/mol. The predicted octanol–water partition coefficient (Wildman–Crippen LogP) is 3.32. The summed E-state index contributed by atoms with van der Waals surface area (Å²) in [6.45, 7) is 0. The van der Waals surface area contributed by atoms with Crippen molar-refractivity contribution in [2.45, 2.75) is 16.0 Å². The van der Waals surface area contributed by atoms with E-state index in [9.17, 15) is 13.2 Å². The van der Waals surface area contributed by atoms with Gasteiger partial charge in [-0.2, -0.15) is 23.7 Å². The summed E-state index contributed by atoms with van der Waals surface area (Å²) in [6.07, 6.45) is -4.42. The molecule has 7 heteroatoms. The van der Waals surface area contributed by atoms with Crippen molar-refractivity contribution in [3.05, 3.63) is 52.5 Å². The SMILES string of the molecule is N#CC(C#N)=c1ccc2c(c1)Sc1cc(C(F)(F)F)ccc1N=2. The van der Waals surface area contributed by atoms with E-state index in [1.165, 1.54) is 6.07 Å². The molecule has 0 spiro atoms. The van der Waals surface area contributed by atoms with Crippen LogP contribution in [0.25, 0.3) is 5.57 Å². The summed E-state index contributed by atoms with van der Waals surface area (Å²) in [5.74, 6) is 0. The molecular formula is C16H6F3N3S. The van der Waals surface area contributed by atoms with Crippen LogP contribution in [0.15, 0.2) is 51.2 Å². The Kier molecular flexibility index (Phi) is 3.59. The number of hydrogen-bond donors (Lipinski definition) is 0. The average Bonchev–Trinajstić information content (AvgIpc) is 2.52. The predicted molar refractivity (Wildman–Crippen MR) is 77.1 cm³/mol. The molecule has 0 unspecified atom stereocenters. The highest BCUT2D eigenvalue weighted by molar-refractivity contribution is 7.99. The van der Waals surface area contributed by atoms with Gasteiger partial charge < -0.3 is 0 Å². The van der Waals surface area contributed by atoms with Crippen LogP contribution in [0.2, 0.25) is 0 Å². The maximum absolute atomic E-state index is 12.8.